The first-order chi connectivity index (χ1) is 9.31. The van der Waals surface area contributed by atoms with Crippen molar-refractivity contribution in [2.24, 2.45) is 0 Å². The van der Waals surface area contributed by atoms with Crippen LogP contribution in [0.1, 0.15) is 0 Å². The third-order valence-electron chi connectivity index (χ3n) is 2.35. The van der Waals surface area contributed by atoms with Gasteiger partial charge >= 0.3 is 0 Å². The number of rotatable bonds is 3. The summed E-state index contributed by atoms with van der Waals surface area (Å²) >= 11 is 0. The van der Waals surface area contributed by atoms with Gasteiger partial charge in [0, 0.05) is 0 Å². The highest BCUT2D eigenvalue weighted by Crippen LogP contribution is 2.24. The average Bonchev–Trinajstić information content (AvgIpc) is 2.38. The minimum atomic E-state index is -4.35. The maximum absolute atomic E-state index is 13.7. The lowest BCUT2D eigenvalue weighted by atomic mass is 10.3. The van der Waals surface area contributed by atoms with E-state index in [9.17, 15) is 21.6 Å². The number of sulfonamides is 1. The van der Waals surface area contributed by atoms with Crippen LogP contribution in [0.15, 0.2) is 35.4 Å². The third-order valence-corrected chi connectivity index (χ3v) is 3.72. The second kappa shape index (κ2) is 5.00. The summed E-state index contributed by atoms with van der Waals surface area (Å²) < 4.78 is 65.0. The Bertz CT molecular complexity index is 748. The van der Waals surface area contributed by atoms with Gasteiger partial charge in [-0.2, -0.15) is 0 Å². The van der Waals surface area contributed by atoms with Gasteiger partial charge in [-0.05, 0) is 24.3 Å². The van der Waals surface area contributed by atoms with E-state index in [1.807, 2.05) is 4.72 Å². The van der Waals surface area contributed by atoms with Crippen molar-refractivity contribution in [2.45, 2.75) is 4.90 Å². The molecule has 1 aromatic heterocycles. The predicted octanol–water partition coefficient (Wildman–Crippen LogP) is 1.88. The van der Waals surface area contributed by atoms with Crippen LogP contribution in [0.25, 0.3) is 0 Å². The van der Waals surface area contributed by atoms with Gasteiger partial charge in [0.1, 0.15) is 28.0 Å². The Morgan fingerprint density at radius 1 is 1.10 bits per heavy atom. The number of nitrogens with two attached hydrogens (primary N) is 1. The van der Waals surface area contributed by atoms with E-state index in [1.54, 1.807) is 0 Å². The number of halogens is 3. The van der Waals surface area contributed by atoms with Crippen molar-refractivity contribution in [3.63, 3.8) is 0 Å². The van der Waals surface area contributed by atoms with Gasteiger partial charge in [0.05, 0.1) is 6.20 Å². The van der Waals surface area contributed by atoms with E-state index in [0.29, 0.717) is 0 Å². The largest absolute Gasteiger partial charge is 0.394 e. The summed E-state index contributed by atoms with van der Waals surface area (Å²) in [6, 6.07) is 3.48. The molecule has 2 rings (SSSR count). The first-order valence-corrected chi connectivity index (χ1v) is 6.67. The van der Waals surface area contributed by atoms with Gasteiger partial charge in [0.15, 0.2) is 5.82 Å². The molecule has 9 heteroatoms. The molecule has 0 bridgehead atoms. The maximum Gasteiger partial charge on any atom is 0.266 e. The normalized spacial score (nSPS) is 11.3. The molecule has 0 amide bonds. The second-order valence-electron chi connectivity index (χ2n) is 3.74. The van der Waals surface area contributed by atoms with Crippen LogP contribution in [-0.4, -0.2) is 13.4 Å². The molecule has 0 aliphatic rings. The van der Waals surface area contributed by atoms with Crippen molar-refractivity contribution in [2.75, 3.05) is 10.5 Å². The molecule has 5 nitrogen and oxygen atoms in total. The van der Waals surface area contributed by atoms with E-state index in [4.69, 9.17) is 5.73 Å². The Morgan fingerprint density at radius 3 is 2.40 bits per heavy atom. The molecule has 0 aliphatic carbocycles. The number of anilines is 2. The Morgan fingerprint density at radius 2 is 1.80 bits per heavy atom. The number of nitrogens with zero attached hydrogens (tertiary/aromatic N) is 1. The molecular formula is C11H8F3N3O2S. The van der Waals surface area contributed by atoms with Crippen molar-refractivity contribution in [3.05, 3.63) is 47.9 Å². The molecule has 1 aromatic carbocycles. The van der Waals surface area contributed by atoms with E-state index < -0.39 is 38.1 Å². The molecule has 106 valence electrons. The summed E-state index contributed by atoms with van der Waals surface area (Å²) in [7, 11) is -4.35. The monoisotopic (exact) mass is 303 g/mol. The van der Waals surface area contributed by atoms with Crippen LogP contribution in [0.3, 0.4) is 0 Å². The van der Waals surface area contributed by atoms with Crippen molar-refractivity contribution in [1.29, 1.82) is 0 Å². The molecule has 0 unspecified atom stereocenters. The summed E-state index contributed by atoms with van der Waals surface area (Å²) in [6.45, 7) is 0. The zero-order valence-electron chi connectivity index (χ0n) is 9.77. The SMILES string of the molecule is Nc1c(F)ccc(S(=O)(=O)Nc2ccc(F)cn2)c1F. The zero-order chi connectivity index (χ0) is 14.9. The lowest BCUT2D eigenvalue weighted by molar-refractivity contribution is 0.557. The number of nitrogens with one attached hydrogen (secondary N) is 1. The van der Waals surface area contributed by atoms with Crippen molar-refractivity contribution in [1.82, 2.24) is 4.98 Å². The Hall–Kier alpha value is -2.29. The van der Waals surface area contributed by atoms with E-state index in [0.717, 1.165) is 30.5 Å². The van der Waals surface area contributed by atoms with Gasteiger partial charge in [-0.3, -0.25) is 4.72 Å². The quantitative estimate of drug-likeness (QED) is 0.848. The van der Waals surface area contributed by atoms with E-state index >= 15 is 0 Å². The number of benzene rings is 1. The van der Waals surface area contributed by atoms with Gasteiger partial charge in [0.2, 0.25) is 0 Å². The number of aromatic nitrogens is 1. The number of hydrogen-bond acceptors (Lipinski definition) is 4. The van der Waals surface area contributed by atoms with Gasteiger partial charge in [0.25, 0.3) is 10.0 Å². The van der Waals surface area contributed by atoms with Gasteiger partial charge in [-0.25, -0.2) is 26.6 Å². The number of hydrogen-bond donors (Lipinski definition) is 2. The number of nitrogen functional groups attached to an aromatic ring is 1. The lowest BCUT2D eigenvalue weighted by Crippen LogP contribution is -2.16. The van der Waals surface area contributed by atoms with Crippen molar-refractivity contribution < 1.29 is 21.6 Å². The minimum Gasteiger partial charge on any atom is -0.394 e. The highest BCUT2D eigenvalue weighted by atomic mass is 32.2. The molecule has 1 heterocycles. The molecule has 0 saturated heterocycles. The fourth-order valence-corrected chi connectivity index (χ4v) is 2.48. The molecule has 0 spiro atoms. The minimum absolute atomic E-state index is 0.214. The Labute approximate surface area is 112 Å². The van der Waals surface area contributed by atoms with Gasteiger partial charge < -0.3 is 5.73 Å². The maximum atomic E-state index is 13.7. The Kier molecular flexibility index (Phi) is 3.53. The first kappa shape index (κ1) is 14.1. The first-order valence-electron chi connectivity index (χ1n) is 5.19. The zero-order valence-corrected chi connectivity index (χ0v) is 10.6. The van der Waals surface area contributed by atoms with E-state index in [-0.39, 0.29) is 5.82 Å². The van der Waals surface area contributed by atoms with E-state index in [1.165, 1.54) is 0 Å². The molecule has 0 aliphatic heterocycles. The van der Waals surface area contributed by atoms with Crippen LogP contribution in [0, 0.1) is 17.5 Å². The third kappa shape index (κ3) is 2.67. The van der Waals surface area contributed by atoms with Gasteiger partial charge in [-0.1, -0.05) is 0 Å². The molecule has 3 N–H and O–H groups in total. The molecule has 2 aromatic rings. The standard InChI is InChI=1S/C11H8F3N3O2S/c12-6-1-4-9(16-5-6)17-20(18,19)8-3-2-7(13)11(15)10(8)14/h1-5H,15H2,(H,16,17). The highest BCUT2D eigenvalue weighted by molar-refractivity contribution is 7.92. The summed E-state index contributed by atoms with van der Waals surface area (Å²) in [4.78, 5) is 2.63. The second-order valence-corrected chi connectivity index (χ2v) is 5.39. The fraction of sp³-hybridized carbons (Fsp3) is 0. The highest BCUT2D eigenvalue weighted by Gasteiger charge is 2.23. The molecule has 0 saturated carbocycles. The van der Waals surface area contributed by atoms with Crippen LogP contribution >= 0.6 is 0 Å². The molecular weight excluding hydrogens is 295 g/mol. The smallest absolute Gasteiger partial charge is 0.266 e. The van der Waals surface area contributed by atoms with Crippen LogP contribution in [0.4, 0.5) is 24.7 Å². The molecule has 0 radical (unpaired) electrons. The topological polar surface area (TPSA) is 85.1 Å². The average molecular weight is 303 g/mol. The fourth-order valence-electron chi connectivity index (χ4n) is 1.39. The predicted molar refractivity (Wildman–Crippen MR) is 65.8 cm³/mol. The summed E-state index contributed by atoms with van der Waals surface area (Å²) in [6.07, 6.45) is 0.785. The Balaban J connectivity index is 2.41. The number of pyridine rings is 1. The molecule has 20 heavy (non-hydrogen) atoms. The van der Waals surface area contributed by atoms with Gasteiger partial charge in [-0.15, -0.1) is 0 Å². The van der Waals surface area contributed by atoms with Crippen LogP contribution < -0.4 is 10.5 Å². The van der Waals surface area contributed by atoms with Crippen LogP contribution in [-0.2, 0) is 10.0 Å². The molecule has 0 atom stereocenters. The lowest BCUT2D eigenvalue weighted by Gasteiger charge is -2.09. The van der Waals surface area contributed by atoms with Crippen LogP contribution in [0.2, 0.25) is 0 Å². The van der Waals surface area contributed by atoms with Crippen molar-refractivity contribution in [3.8, 4) is 0 Å². The molecule has 0 fully saturated rings. The van der Waals surface area contributed by atoms with E-state index in [2.05, 4.69) is 4.98 Å². The van der Waals surface area contributed by atoms with Crippen LogP contribution in [0.5, 0.6) is 0 Å². The summed E-state index contributed by atoms with van der Waals surface area (Å²) in [5.74, 6) is -3.35. The summed E-state index contributed by atoms with van der Waals surface area (Å²) in [5, 5.41) is 0. The van der Waals surface area contributed by atoms with Crippen molar-refractivity contribution >= 4 is 21.5 Å². The summed E-state index contributed by atoms with van der Waals surface area (Å²) in [5.41, 5.74) is 4.18.